The summed E-state index contributed by atoms with van der Waals surface area (Å²) in [7, 11) is 1.57. The molecular weight excluding hydrogens is 404 g/mol. The van der Waals surface area contributed by atoms with Gasteiger partial charge in [0.05, 0.1) is 18.7 Å². The van der Waals surface area contributed by atoms with E-state index in [-0.39, 0.29) is 5.57 Å². The van der Waals surface area contributed by atoms with Crippen LogP contribution in [0.15, 0.2) is 72.0 Å². The Bertz CT molecular complexity index is 1010. The van der Waals surface area contributed by atoms with E-state index in [0.717, 1.165) is 24.2 Å². The van der Waals surface area contributed by atoms with Crippen LogP contribution in [0.5, 0.6) is 5.75 Å². The highest BCUT2D eigenvalue weighted by molar-refractivity contribution is 6.14. The van der Waals surface area contributed by atoms with Crippen LogP contribution in [0.2, 0.25) is 0 Å². The lowest BCUT2D eigenvalue weighted by molar-refractivity contribution is -0.129. The lowest BCUT2D eigenvalue weighted by Gasteiger charge is -2.29. The van der Waals surface area contributed by atoms with Gasteiger partial charge in [-0.2, -0.15) is 0 Å². The molecule has 0 spiro atoms. The summed E-state index contributed by atoms with van der Waals surface area (Å²) in [5.74, 6) is -0.781. The number of aliphatic hydroxyl groups is 1. The summed E-state index contributed by atoms with van der Waals surface area (Å²) in [6.45, 7) is 6.88. The number of rotatable bonds is 10. The molecule has 1 unspecified atom stereocenters. The second-order valence-electron chi connectivity index (χ2n) is 7.58. The van der Waals surface area contributed by atoms with Crippen molar-refractivity contribution in [1.82, 2.24) is 9.80 Å². The SMILES string of the molecule is CCN(CC)CCN1C(=O)C(O)=C(C(=O)C=Cc2ccccc2)C1c1cccc(OC)c1. The Morgan fingerprint density at radius 3 is 2.50 bits per heavy atom. The van der Waals surface area contributed by atoms with Crippen LogP contribution in [-0.2, 0) is 9.59 Å². The van der Waals surface area contributed by atoms with Gasteiger partial charge >= 0.3 is 0 Å². The van der Waals surface area contributed by atoms with Crippen molar-refractivity contribution in [2.45, 2.75) is 19.9 Å². The molecule has 1 aliphatic rings. The zero-order valence-corrected chi connectivity index (χ0v) is 18.8. The maximum Gasteiger partial charge on any atom is 0.290 e. The van der Waals surface area contributed by atoms with Crippen LogP contribution in [0.1, 0.15) is 31.0 Å². The Morgan fingerprint density at radius 2 is 1.84 bits per heavy atom. The summed E-state index contributed by atoms with van der Waals surface area (Å²) in [6, 6.07) is 16.0. The highest BCUT2D eigenvalue weighted by Gasteiger charge is 2.42. The van der Waals surface area contributed by atoms with Gasteiger partial charge in [0.25, 0.3) is 5.91 Å². The van der Waals surface area contributed by atoms with Crippen molar-refractivity contribution in [2.24, 2.45) is 0 Å². The molecule has 168 valence electrons. The fourth-order valence-corrected chi connectivity index (χ4v) is 3.91. The molecule has 2 aromatic carbocycles. The number of ketones is 1. The van der Waals surface area contributed by atoms with Gasteiger partial charge in [0.2, 0.25) is 0 Å². The third-order valence-corrected chi connectivity index (χ3v) is 5.76. The summed E-state index contributed by atoms with van der Waals surface area (Å²) in [5.41, 5.74) is 1.68. The summed E-state index contributed by atoms with van der Waals surface area (Å²) >= 11 is 0. The first-order valence-electron chi connectivity index (χ1n) is 10.9. The molecule has 0 radical (unpaired) electrons. The largest absolute Gasteiger partial charge is 0.503 e. The quantitative estimate of drug-likeness (QED) is 0.572. The van der Waals surface area contributed by atoms with Crippen molar-refractivity contribution in [2.75, 3.05) is 33.3 Å². The molecule has 1 atom stereocenters. The van der Waals surface area contributed by atoms with E-state index in [1.807, 2.05) is 42.5 Å². The molecule has 0 saturated heterocycles. The van der Waals surface area contributed by atoms with Crippen LogP contribution in [0, 0.1) is 0 Å². The number of allylic oxidation sites excluding steroid dienone is 1. The number of hydrogen-bond acceptors (Lipinski definition) is 5. The third kappa shape index (κ3) is 5.08. The number of amides is 1. The molecule has 2 aromatic rings. The van der Waals surface area contributed by atoms with Crippen molar-refractivity contribution in [3.8, 4) is 5.75 Å². The minimum atomic E-state index is -0.680. The van der Waals surface area contributed by atoms with Crippen LogP contribution in [0.25, 0.3) is 6.08 Å². The van der Waals surface area contributed by atoms with Crippen molar-refractivity contribution >= 4 is 17.8 Å². The van der Waals surface area contributed by atoms with Gasteiger partial charge in [-0.3, -0.25) is 9.59 Å². The number of carbonyl (C=O) groups excluding carboxylic acids is 2. The Hall–Kier alpha value is -3.38. The fourth-order valence-electron chi connectivity index (χ4n) is 3.91. The van der Waals surface area contributed by atoms with Crippen molar-refractivity contribution in [3.63, 3.8) is 0 Å². The molecule has 0 fully saturated rings. The molecule has 1 heterocycles. The number of likely N-dealkylation sites (N-methyl/N-ethyl adjacent to an activating group) is 1. The number of aliphatic hydroxyl groups excluding tert-OH is 1. The van der Waals surface area contributed by atoms with E-state index in [1.165, 1.54) is 6.08 Å². The van der Waals surface area contributed by atoms with E-state index < -0.39 is 23.5 Å². The monoisotopic (exact) mass is 434 g/mol. The first kappa shape index (κ1) is 23.3. The van der Waals surface area contributed by atoms with E-state index in [0.29, 0.717) is 18.8 Å². The van der Waals surface area contributed by atoms with Crippen LogP contribution in [0.4, 0.5) is 0 Å². The first-order chi connectivity index (χ1) is 15.5. The number of hydrogen-bond donors (Lipinski definition) is 1. The molecule has 1 N–H and O–H groups in total. The Labute approximate surface area is 189 Å². The van der Waals surface area contributed by atoms with Crippen molar-refractivity contribution in [3.05, 3.63) is 83.1 Å². The second-order valence-corrected chi connectivity index (χ2v) is 7.58. The lowest BCUT2D eigenvalue weighted by atomic mass is 9.95. The first-order valence-corrected chi connectivity index (χ1v) is 10.9. The molecule has 0 aliphatic carbocycles. The number of carbonyl (C=O) groups is 2. The number of nitrogens with zero attached hydrogens (tertiary/aromatic N) is 2. The highest BCUT2D eigenvalue weighted by atomic mass is 16.5. The van der Waals surface area contributed by atoms with Crippen LogP contribution in [-0.4, -0.2) is 59.9 Å². The van der Waals surface area contributed by atoms with Gasteiger partial charge in [-0.25, -0.2) is 0 Å². The third-order valence-electron chi connectivity index (χ3n) is 5.76. The van der Waals surface area contributed by atoms with Crippen LogP contribution < -0.4 is 4.74 Å². The van der Waals surface area contributed by atoms with Crippen LogP contribution >= 0.6 is 0 Å². The molecule has 1 aliphatic heterocycles. The lowest BCUT2D eigenvalue weighted by Crippen LogP contribution is -2.38. The predicted molar refractivity (Wildman–Crippen MR) is 125 cm³/mol. The van der Waals surface area contributed by atoms with Crippen molar-refractivity contribution in [1.29, 1.82) is 0 Å². The Morgan fingerprint density at radius 1 is 1.12 bits per heavy atom. The predicted octanol–water partition coefficient (Wildman–Crippen LogP) is 4.01. The highest BCUT2D eigenvalue weighted by Crippen LogP contribution is 2.38. The van der Waals surface area contributed by atoms with Crippen LogP contribution in [0.3, 0.4) is 0 Å². The molecule has 6 heteroatoms. The van der Waals surface area contributed by atoms with E-state index in [9.17, 15) is 14.7 Å². The minimum absolute atomic E-state index is 0.0926. The second kappa shape index (κ2) is 10.8. The molecule has 0 saturated carbocycles. The Balaban J connectivity index is 1.97. The molecule has 32 heavy (non-hydrogen) atoms. The van der Waals surface area contributed by atoms with Gasteiger partial charge in [0, 0.05) is 13.1 Å². The van der Waals surface area contributed by atoms with Gasteiger partial charge in [-0.15, -0.1) is 0 Å². The van der Waals surface area contributed by atoms with E-state index in [2.05, 4.69) is 18.7 Å². The topological polar surface area (TPSA) is 70.1 Å². The molecule has 3 rings (SSSR count). The normalized spacial score (nSPS) is 16.4. The van der Waals surface area contributed by atoms with E-state index >= 15 is 0 Å². The number of benzene rings is 2. The zero-order chi connectivity index (χ0) is 23.1. The van der Waals surface area contributed by atoms with Crippen molar-refractivity contribution < 1.29 is 19.4 Å². The summed E-state index contributed by atoms with van der Waals surface area (Å²) < 4.78 is 5.35. The fraction of sp³-hybridized carbons (Fsp3) is 0.308. The summed E-state index contributed by atoms with van der Waals surface area (Å²) in [6.07, 6.45) is 3.10. The maximum atomic E-state index is 13.2. The number of methoxy groups -OCH3 is 1. The summed E-state index contributed by atoms with van der Waals surface area (Å²) in [5, 5.41) is 10.7. The minimum Gasteiger partial charge on any atom is -0.503 e. The molecule has 1 amide bonds. The smallest absolute Gasteiger partial charge is 0.290 e. The molecule has 0 bridgehead atoms. The standard InChI is InChI=1S/C26H30N2O4/c1-4-27(5-2)16-17-28-24(20-12-9-13-21(18-20)32-3)23(25(30)26(28)31)22(29)15-14-19-10-7-6-8-11-19/h6-15,18,24,30H,4-5,16-17H2,1-3H3. The van der Waals surface area contributed by atoms with Gasteiger partial charge in [0.15, 0.2) is 11.5 Å². The van der Waals surface area contributed by atoms with Gasteiger partial charge in [-0.05, 0) is 42.4 Å². The van der Waals surface area contributed by atoms with Gasteiger partial charge in [-0.1, -0.05) is 62.4 Å². The van der Waals surface area contributed by atoms with Gasteiger partial charge < -0.3 is 19.6 Å². The molecule has 6 nitrogen and oxygen atoms in total. The maximum absolute atomic E-state index is 13.2. The summed E-state index contributed by atoms with van der Waals surface area (Å²) in [4.78, 5) is 30.0. The van der Waals surface area contributed by atoms with E-state index in [4.69, 9.17) is 4.74 Å². The average molecular weight is 435 g/mol. The van der Waals surface area contributed by atoms with Gasteiger partial charge in [0.1, 0.15) is 5.75 Å². The molecular formula is C26H30N2O4. The molecule has 0 aromatic heterocycles. The Kier molecular flexibility index (Phi) is 7.84. The van der Waals surface area contributed by atoms with E-state index in [1.54, 1.807) is 30.2 Å². The number of ether oxygens (including phenoxy) is 1. The zero-order valence-electron chi connectivity index (χ0n) is 18.8. The average Bonchev–Trinajstić information content (AvgIpc) is 3.09.